The van der Waals surface area contributed by atoms with Crippen LogP contribution < -0.4 is 5.32 Å². The summed E-state index contributed by atoms with van der Waals surface area (Å²) in [5, 5.41) is 3.92. The van der Waals surface area contributed by atoms with Crippen molar-refractivity contribution in [3.05, 3.63) is 0 Å². The van der Waals surface area contributed by atoms with Gasteiger partial charge in [-0.25, -0.2) is 0 Å². The zero-order valence-electron chi connectivity index (χ0n) is 8.18. The minimum absolute atomic E-state index is 0.234. The molecule has 0 saturated heterocycles. The van der Waals surface area contributed by atoms with Crippen LogP contribution in [-0.2, 0) is 4.79 Å². The third-order valence-electron chi connectivity index (χ3n) is 2.61. The van der Waals surface area contributed by atoms with Crippen molar-refractivity contribution in [2.24, 2.45) is 11.8 Å². The van der Waals surface area contributed by atoms with Crippen LogP contribution in [0.1, 0.15) is 32.6 Å². The Morgan fingerprint density at radius 3 is 2.77 bits per heavy atom. The highest BCUT2D eigenvalue weighted by atomic mass is 79.9. The Kier molecular flexibility index (Phi) is 4.78. The molecule has 76 valence electrons. The van der Waals surface area contributed by atoms with Crippen LogP contribution in [0.2, 0.25) is 0 Å². The van der Waals surface area contributed by atoms with Crippen molar-refractivity contribution >= 4 is 21.8 Å². The molecule has 1 rings (SSSR count). The lowest BCUT2D eigenvalue weighted by Gasteiger charge is -2.24. The highest BCUT2D eigenvalue weighted by molar-refractivity contribution is 9.09. The molecule has 0 heterocycles. The fraction of sp³-hybridized carbons (Fsp3) is 0.900. The van der Waals surface area contributed by atoms with E-state index in [1.165, 1.54) is 19.3 Å². The van der Waals surface area contributed by atoms with Gasteiger partial charge in [-0.05, 0) is 24.7 Å². The Morgan fingerprint density at radius 2 is 2.31 bits per heavy atom. The van der Waals surface area contributed by atoms with Gasteiger partial charge in [-0.2, -0.15) is 0 Å². The van der Waals surface area contributed by atoms with Crippen molar-refractivity contribution in [2.45, 2.75) is 32.6 Å². The van der Waals surface area contributed by atoms with E-state index in [9.17, 15) is 4.79 Å². The molecular weight excluding hydrogens is 230 g/mol. The minimum atomic E-state index is 0.234. The summed E-state index contributed by atoms with van der Waals surface area (Å²) in [6.45, 7) is 2.93. The summed E-state index contributed by atoms with van der Waals surface area (Å²) >= 11 is 3.39. The van der Waals surface area contributed by atoms with Gasteiger partial charge in [-0.15, -0.1) is 0 Å². The molecule has 0 radical (unpaired) electrons. The number of nitrogens with one attached hydrogen (secondary N) is 1. The molecule has 1 aliphatic carbocycles. The molecule has 1 fully saturated rings. The number of hydrogen-bond donors (Lipinski definition) is 1. The highest BCUT2D eigenvalue weighted by Crippen LogP contribution is 2.28. The molecule has 0 aromatic rings. The fourth-order valence-electron chi connectivity index (χ4n) is 1.37. The summed E-state index contributed by atoms with van der Waals surface area (Å²) in [7, 11) is 0. The van der Waals surface area contributed by atoms with Crippen LogP contribution in [0.15, 0.2) is 0 Å². The van der Waals surface area contributed by atoms with E-state index in [0.717, 1.165) is 18.3 Å². The zero-order chi connectivity index (χ0) is 9.68. The van der Waals surface area contributed by atoms with E-state index in [4.69, 9.17) is 0 Å². The molecule has 0 spiro atoms. The van der Waals surface area contributed by atoms with Gasteiger partial charge < -0.3 is 5.32 Å². The first kappa shape index (κ1) is 11.0. The average Bonchev–Trinajstić information content (AvgIpc) is 2.07. The third kappa shape index (κ3) is 4.12. The lowest BCUT2D eigenvalue weighted by Crippen LogP contribution is -2.31. The van der Waals surface area contributed by atoms with Gasteiger partial charge in [0.2, 0.25) is 5.91 Å². The largest absolute Gasteiger partial charge is 0.356 e. The van der Waals surface area contributed by atoms with Crippen molar-refractivity contribution in [3.8, 4) is 0 Å². The van der Waals surface area contributed by atoms with Gasteiger partial charge >= 0.3 is 0 Å². The maximum absolute atomic E-state index is 11.3. The average molecular weight is 248 g/mol. The van der Waals surface area contributed by atoms with E-state index in [-0.39, 0.29) is 5.91 Å². The van der Waals surface area contributed by atoms with Gasteiger partial charge in [0.15, 0.2) is 0 Å². The summed E-state index contributed by atoms with van der Waals surface area (Å²) < 4.78 is 0. The van der Waals surface area contributed by atoms with Crippen LogP contribution in [0, 0.1) is 11.8 Å². The smallest absolute Gasteiger partial charge is 0.220 e. The van der Waals surface area contributed by atoms with Crippen LogP contribution in [0.5, 0.6) is 0 Å². The van der Waals surface area contributed by atoms with Crippen molar-refractivity contribution in [3.63, 3.8) is 0 Å². The van der Waals surface area contributed by atoms with Gasteiger partial charge in [0, 0.05) is 18.3 Å². The number of carbonyl (C=O) groups excluding carboxylic acids is 1. The number of carbonyl (C=O) groups is 1. The summed E-state index contributed by atoms with van der Waals surface area (Å²) in [5.41, 5.74) is 0. The second kappa shape index (κ2) is 5.63. The van der Waals surface area contributed by atoms with Crippen molar-refractivity contribution in [2.75, 3.05) is 11.9 Å². The van der Waals surface area contributed by atoms with Gasteiger partial charge in [-0.1, -0.05) is 29.3 Å². The van der Waals surface area contributed by atoms with E-state index in [0.29, 0.717) is 11.8 Å². The fourth-order valence-corrected chi connectivity index (χ4v) is 1.60. The molecule has 1 amide bonds. The van der Waals surface area contributed by atoms with Crippen LogP contribution in [-0.4, -0.2) is 17.8 Å². The van der Waals surface area contributed by atoms with E-state index in [2.05, 4.69) is 28.2 Å². The van der Waals surface area contributed by atoms with Crippen LogP contribution in [0.3, 0.4) is 0 Å². The van der Waals surface area contributed by atoms with Crippen molar-refractivity contribution in [1.29, 1.82) is 0 Å². The van der Waals surface area contributed by atoms with Gasteiger partial charge in [-0.3, -0.25) is 4.79 Å². The first-order valence-electron chi connectivity index (χ1n) is 5.05. The Balaban J connectivity index is 2.03. The third-order valence-corrected chi connectivity index (χ3v) is 3.72. The lowest BCUT2D eigenvalue weighted by atomic mass is 9.83. The van der Waals surface area contributed by atoms with Crippen LogP contribution in [0.25, 0.3) is 0 Å². The number of rotatable bonds is 5. The first-order valence-corrected chi connectivity index (χ1v) is 6.17. The molecule has 0 aliphatic heterocycles. The SMILES string of the molecule is CC(CBr)CNC(=O)CC1CCC1. The molecule has 0 aromatic heterocycles. The monoisotopic (exact) mass is 247 g/mol. The first-order chi connectivity index (χ1) is 6.22. The van der Waals surface area contributed by atoms with Crippen LogP contribution in [0.4, 0.5) is 0 Å². The molecule has 2 nitrogen and oxygen atoms in total. The summed E-state index contributed by atoms with van der Waals surface area (Å²) in [6, 6.07) is 0. The Labute approximate surface area is 88.6 Å². The Morgan fingerprint density at radius 1 is 1.62 bits per heavy atom. The number of alkyl halides is 1. The predicted molar refractivity (Wildman–Crippen MR) is 57.9 cm³/mol. The summed E-state index contributed by atoms with van der Waals surface area (Å²) in [6.07, 6.45) is 4.56. The maximum Gasteiger partial charge on any atom is 0.220 e. The predicted octanol–water partition coefficient (Wildman–Crippen LogP) is 2.32. The van der Waals surface area contributed by atoms with Gasteiger partial charge in [0.1, 0.15) is 0 Å². The van der Waals surface area contributed by atoms with Crippen molar-refractivity contribution < 1.29 is 4.79 Å². The number of hydrogen-bond acceptors (Lipinski definition) is 1. The molecule has 1 unspecified atom stereocenters. The molecule has 1 aliphatic rings. The minimum Gasteiger partial charge on any atom is -0.356 e. The normalized spacial score (nSPS) is 19.2. The van der Waals surface area contributed by atoms with Crippen LogP contribution >= 0.6 is 15.9 Å². The standard InChI is InChI=1S/C10H18BrNO/c1-8(6-11)7-12-10(13)5-9-3-2-4-9/h8-9H,2-7H2,1H3,(H,12,13). The lowest BCUT2D eigenvalue weighted by molar-refractivity contribution is -0.122. The summed E-state index contributed by atoms with van der Waals surface area (Å²) in [4.78, 5) is 11.3. The number of halogens is 1. The molecule has 13 heavy (non-hydrogen) atoms. The van der Waals surface area contributed by atoms with Gasteiger partial charge in [0.25, 0.3) is 0 Å². The molecule has 3 heteroatoms. The van der Waals surface area contributed by atoms with Crippen molar-refractivity contribution in [1.82, 2.24) is 5.32 Å². The second-order valence-electron chi connectivity index (χ2n) is 4.06. The maximum atomic E-state index is 11.3. The van der Waals surface area contributed by atoms with E-state index < -0.39 is 0 Å². The molecular formula is C10H18BrNO. The Bertz CT molecular complexity index is 168. The second-order valence-corrected chi connectivity index (χ2v) is 4.71. The zero-order valence-corrected chi connectivity index (χ0v) is 9.77. The van der Waals surface area contributed by atoms with E-state index >= 15 is 0 Å². The highest BCUT2D eigenvalue weighted by Gasteiger charge is 2.20. The molecule has 1 atom stereocenters. The van der Waals surface area contributed by atoms with E-state index in [1.807, 2.05) is 0 Å². The molecule has 0 bridgehead atoms. The van der Waals surface area contributed by atoms with Gasteiger partial charge in [0.05, 0.1) is 0 Å². The topological polar surface area (TPSA) is 29.1 Å². The number of amides is 1. The summed E-state index contributed by atoms with van der Waals surface area (Å²) in [5.74, 6) is 1.45. The molecule has 1 saturated carbocycles. The molecule has 0 aromatic carbocycles. The molecule has 1 N–H and O–H groups in total. The Hall–Kier alpha value is -0.0500. The van der Waals surface area contributed by atoms with E-state index in [1.54, 1.807) is 0 Å². The quantitative estimate of drug-likeness (QED) is 0.743.